The van der Waals surface area contributed by atoms with Crippen LogP contribution in [0.15, 0.2) is 54.6 Å². The Labute approximate surface area is 147 Å². The number of amides is 1. The second kappa shape index (κ2) is 6.48. The van der Waals surface area contributed by atoms with Crippen molar-refractivity contribution in [1.82, 2.24) is 4.90 Å². The fraction of sp³-hybridized carbons (Fsp3) is 0.350. The Kier molecular flexibility index (Phi) is 4.19. The third-order valence-corrected chi connectivity index (χ3v) is 5.35. The number of nitrogens with zero attached hydrogens (tertiary/aromatic N) is 1. The molecule has 2 aliphatic heterocycles. The number of rotatable bonds is 4. The second-order valence-corrected chi connectivity index (χ2v) is 7.08. The lowest BCUT2D eigenvalue weighted by atomic mass is 10.0. The van der Waals surface area contributed by atoms with Gasteiger partial charge in [0.2, 0.25) is 0 Å². The minimum atomic E-state index is -0.155. The van der Waals surface area contributed by atoms with Gasteiger partial charge in [-0.15, -0.1) is 0 Å². The van der Waals surface area contributed by atoms with Crippen LogP contribution in [-0.4, -0.2) is 29.2 Å². The van der Waals surface area contributed by atoms with Gasteiger partial charge in [0.1, 0.15) is 6.10 Å². The summed E-state index contributed by atoms with van der Waals surface area (Å²) in [5, 5.41) is 0.742. The first-order chi connectivity index (χ1) is 11.7. The Bertz CT molecular complexity index is 716. The van der Waals surface area contributed by atoms with Crippen molar-refractivity contribution < 1.29 is 9.53 Å². The number of cyclic esters (lactones) is 1. The molecule has 0 spiro atoms. The Hall–Kier alpha value is -2.00. The van der Waals surface area contributed by atoms with Crippen LogP contribution < -0.4 is 0 Å². The number of benzene rings is 2. The number of ether oxygens (including phenoxy) is 1. The summed E-state index contributed by atoms with van der Waals surface area (Å²) in [5.41, 5.74) is 2.43. The molecule has 2 aliphatic rings. The van der Waals surface area contributed by atoms with E-state index in [2.05, 4.69) is 12.1 Å². The summed E-state index contributed by atoms with van der Waals surface area (Å²) in [7, 11) is 0. The smallest absolute Gasteiger partial charge is 0.410 e. The molecule has 0 aliphatic carbocycles. The number of halogens is 1. The molecule has 0 saturated carbocycles. The number of hydrogen-bond donors (Lipinski definition) is 0. The monoisotopic (exact) mass is 341 g/mol. The molecule has 3 atom stereocenters. The lowest BCUT2D eigenvalue weighted by Gasteiger charge is -2.22. The average Bonchev–Trinajstić information content (AvgIpc) is 3.13. The number of fused-ring (bicyclic) bond motifs is 1. The molecule has 0 radical (unpaired) electrons. The van der Waals surface area contributed by atoms with Gasteiger partial charge < -0.3 is 4.74 Å². The van der Waals surface area contributed by atoms with Crippen molar-refractivity contribution in [2.75, 3.05) is 0 Å². The summed E-state index contributed by atoms with van der Waals surface area (Å²) >= 11 is 5.95. The normalized spacial score (nSPS) is 25.6. The fourth-order valence-electron chi connectivity index (χ4n) is 3.95. The van der Waals surface area contributed by atoms with E-state index >= 15 is 0 Å². The van der Waals surface area contributed by atoms with E-state index in [1.54, 1.807) is 0 Å². The van der Waals surface area contributed by atoms with Gasteiger partial charge >= 0.3 is 6.09 Å². The summed E-state index contributed by atoms with van der Waals surface area (Å²) in [4.78, 5) is 14.4. The highest BCUT2D eigenvalue weighted by Gasteiger charge is 2.48. The highest BCUT2D eigenvalue weighted by atomic mass is 35.5. The van der Waals surface area contributed by atoms with Gasteiger partial charge in [0.05, 0.1) is 6.04 Å². The molecule has 2 heterocycles. The largest absolute Gasteiger partial charge is 0.444 e. The first-order valence-corrected chi connectivity index (χ1v) is 8.86. The van der Waals surface area contributed by atoms with Crippen molar-refractivity contribution in [3.8, 4) is 0 Å². The summed E-state index contributed by atoms with van der Waals surface area (Å²) in [6.07, 6.45) is 3.52. The molecule has 0 N–H and O–H groups in total. The average molecular weight is 342 g/mol. The number of carbonyl (C=O) groups excluding carboxylic acids is 1. The summed E-state index contributed by atoms with van der Waals surface area (Å²) in [5.74, 6) is 0. The topological polar surface area (TPSA) is 29.5 Å². The fourth-order valence-corrected chi connectivity index (χ4v) is 4.07. The van der Waals surface area contributed by atoms with E-state index in [1.165, 1.54) is 11.1 Å². The lowest BCUT2D eigenvalue weighted by Crippen LogP contribution is -2.38. The predicted octanol–water partition coefficient (Wildman–Crippen LogP) is 4.48. The van der Waals surface area contributed by atoms with Gasteiger partial charge in [-0.2, -0.15) is 0 Å². The molecule has 2 fully saturated rings. The van der Waals surface area contributed by atoms with Crippen LogP contribution in [0.1, 0.15) is 24.0 Å². The first-order valence-electron chi connectivity index (χ1n) is 8.48. The van der Waals surface area contributed by atoms with Crippen LogP contribution in [0, 0.1) is 0 Å². The third kappa shape index (κ3) is 3.01. The Morgan fingerprint density at radius 1 is 0.958 bits per heavy atom. The number of hydrogen-bond acceptors (Lipinski definition) is 2. The zero-order valence-corrected chi connectivity index (χ0v) is 14.2. The molecule has 0 unspecified atom stereocenters. The molecule has 0 bridgehead atoms. The van der Waals surface area contributed by atoms with Gasteiger partial charge in [0.15, 0.2) is 0 Å². The molecule has 2 aromatic rings. The zero-order chi connectivity index (χ0) is 16.5. The first kappa shape index (κ1) is 15.5. The number of carbonyl (C=O) groups is 1. The van der Waals surface area contributed by atoms with Crippen LogP contribution in [0.5, 0.6) is 0 Å². The summed E-state index contributed by atoms with van der Waals surface area (Å²) < 4.78 is 5.69. The summed E-state index contributed by atoms with van der Waals surface area (Å²) in [6.45, 7) is 0. The van der Waals surface area contributed by atoms with Crippen LogP contribution in [0.2, 0.25) is 5.02 Å². The molecule has 124 valence electrons. The van der Waals surface area contributed by atoms with Gasteiger partial charge in [-0.1, -0.05) is 54.1 Å². The Balaban J connectivity index is 1.46. The van der Waals surface area contributed by atoms with Crippen LogP contribution in [0.4, 0.5) is 4.79 Å². The van der Waals surface area contributed by atoms with E-state index in [9.17, 15) is 4.79 Å². The van der Waals surface area contributed by atoms with Gasteiger partial charge in [0, 0.05) is 17.5 Å². The van der Waals surface area contributed by atoms with Gasteiger partial charge in [-0.3, -0.25) is 4.90 Å². The molecule has 0 aromatic heterocycles. The predicted molar refractivity (Wildman–Crippen MR) is 94.2 cm³/mol. The van der Waals surface area contributed by atoms with Crippen molar-refractivity contribution in [3.63, 3.8) is 0 Å². The molecule has 4 rings (SSSR count). The van der Waals surface area contributed by atoms with Crippen molar-refractivity contribution in [3.05, 3.63) is 70.7 Å². The van der Waals surface area contributed by atoms with E-state index in [0.717, 1.165) is 30.7 Å². The van der Waals surface area contributed by atoms with Crippen molar-refractivity contribution >= 4 is 17.7 Å². The van der Waals surface area contributed by atoms with Crippen LogP contribution in [-0.2, 0) is 17.6 Å². The van der Waals surface area contributed by atoms with Crippen LogP contribution in [0.25, 0.3) is 0 Å². The van der Waals surface area contributed by atoms with Crippen molar-refractivity contribution in [1.29, 1.82) is 0 Å². The SMILES string of the molecule is O=C1O[C@@H](Cc2ccccc2)[C@@H]2CC[C@@H](Cc3ccc(Cl)cc3)N12. The molecule has 1 amide bonds. The maximum atomic E-state index is 12.4. The van der Waals surface area contributed by atoms with Crippen LogP contribution >= 0.6 is 11.6 Å². The Morgan fingerprint density at radius 2 is 1.67 bits per heavy atom. The maximum absolute atomic E-state index is 12.4. The minimum absolute atomic E-state index is 0.0323. The second-order valence-electron chi connectivity index (χ2n) is 6.65. The Morgan fingerprint density at radius 3 is 2.42 bits per heavy atom. The van der Waals surface area contributed by atoms with E-state index in [1.807, 2.05) is 47.4 Å². The van der Waals surface area contributed by atoms with E-state index in [-0.39, 0.29) is 24.3 Å². The third-order valence-electron chi connectivity index (χ3n) is 5.10. The van der Waals surface area contributed by atoms with E-state index in [4.69, 9.17) is 16.3 Å². The molecule has 2 aromatic carbocycles. The maximum Gasteiger partial charge on any atom is 0.410 e. The highest BCUT2D eigenvalue weighted by Crippen LogP contribution is 2.36. The van der Waals surface area contributed by atoms with Crippen molar-refractivity contribution in [2.45, 2.75) is 43.9 Å². The van der Waals surface area contributed by atoms with Crippen molar-refractivity contribution in [2.24, 2.45) is 0 Å². The van der Waals surface area contributed by atoms with Gasteiger partial charge in [-0.05, 0) is 42.5 Å². The van der Waals surface area contributed by atoms with Gasteiger partial charge in [0.25, 0.3) is 0 Å². The van der Waals surface area contributed by atoms with E-state index < -0.39 is 0 Å². The van der Waals surface area contributed by atoms with Crippen LogP contribution in [0.3, 0.4) is 0 Å². The molecular formula is C20H20ClNO2. The minimum Gasteiger partial charge on any atom is -0.444 e. The van der Waals surface area contributed by atoms with E-state index in [0.29, 0.717) is 0 Å². The molecule has 4 heteroatoms. The highest BCUT2D eigenvalue weighted by molar-refractivity contribution is 6.30. The zero-order valence-electron chi connectivity index (χ0n) is 13.4. The molecule has 3 nitrogen and oxygen atoms in total. The lowest BCUT2D eigenvalue weighted by molar-refractivity contribution is 0.123. The quantitative estimate of drug-likeness (QED) is 0.820. The van der Waals surface area contributed by atoms with Gasteiger partial charge in [-0.25, -0.2) is 4.79 Å². The molecule has 2 saturated heterocycles. The summed E-state index contributed by atoms with van der Waals surface area (Å²) in [6, 6.07) is 18.6. The molecule has 24 heavy (non-hydrogen) atoms. The molecular weight excluding hydrogens is 322 g/mol. The standard InChI is InChI=1S/C20H20ClNO2/c21-16-8-6-15(7-9-16)12-17-10-11-18-19(24-20(23)22(17)18)13-14-4-2-1-3-5-14/h1-9,17-19H,10-13H2/t17-,18-,19-/m0/s1.